The number of aromatic nitrogens is 2. The molecule has 0 amide bonds. The first-order chi connectivity index (χ1) is 7.16. The third-order valence-electron chi connectivity index (χ3n) is 2.07. The second-order valence-corrected chi connectivity index (χ2v) is 3.37. The van der Waals surface area contributed by atoms with Crippen molar-refractivity contribution in [2.75, 3.05) is 5.73 Å². The molecule has 0 saturated heterocycles. The molecule has 15 heavy (non-hydrogen) atoms. The highest BCUT2D eigenvalue weighted by atomic mass is 16.1. The van der Waals surface area contributed by atoms with Gasteiger partial charge in [0.1, 0.15) is 0 Å². The van der Waals surface area contributed by atoms with Crippen molar-refractivity contribution in [2.24, 2.45) is 0 Å². The van der Waals surface area contributed by atoms with Crippen molar-refractivity contribution >= 4 is 5.69 Å². The van der Waals surface area contributed by atoms with Crippen molar-refractivity contribution in [2.45, 2.75) is 6.92 Å². The van der Waals surface area contributed by atoms with E-state index in [4.69, 9.17) is 5.73 Å². The Morgan fingerprint density at radius 3 is 2.53 bits per heavy atom. The minimum atomic E-state index is -0.139. The SMILES string of the molecule is Cc1cnn(-c2ccc(N)cc2)c(=O)c1. The van der Waals surface area contributed by atoms with E-state index in [1.165, 1.54) is 4.68 Å². The minimum absolute atomic E-state index is 0.139. The Balaban J connectivity index is 2.55. The highest BCUT2D eigenvalue weighted by molar-refractivity contribution is 5.44. The number of anilines is 1. The Kier molecular flexibility index (Phi) is 2.25. The number of nitrogen functional groups attached to an aromatic ring is 1. The molecule has 76 valence electrons. The van der Waals surface area contributed by atoms with Crippen LogP contribution in [0.15, 0.2) is 41.3 Å². The lowest BCUT2D eigenvalue weighted by atomic mass is 10.3. The highest BCUT2D eigenvalue weighted by Gasteiger charge is 2.00. The van der Waals surface area contributed by atoms with Crippen LogP contribution in [0, 0.1) is 6.92 Å². The van der Waals surface area contributed by atoms with Gasteiger partial charge in [-0.3, -0.25) is 4.79 Å². The first-order valence-corrected chi connectivity index (χ1v) is 4.59. The summed E-state index contributed by atoms with van der Waals surface area (Å²) < 4.78 is 1.34. The third-order valence-corrected chi connectivity index (χ3v) is 2.07. The van der Waals surface area contributed by atoms with Crippen LogP contribution in [0.1, 0.15) is 5.56 Å². The van der Waals surface area contributed by atoms with Crippen molar-refractivity contribution in [1.82, 2.24) is 9.78 Å². The van der Waals surface area contributed by atoms with Crippen molar-refractivity contribution in [1.29, 1.82) is 0 Å². The van der Waals surface area contributed by atoms with Gasteiger partial charge >= 0.3 is 0 Å². The van der Waals surface area contributed by atoms with Crippen LogP contribution in [0.5, 0.6) is 0 Å². The number of hydrogen-bond donors (Lipinski definition) is 1. The van der Waals surface area contributed by atoms with Crippen molar-refractivity contribution < 1.29 is 0 Å². The molecule has 0 spiro atoms. The van der Waals surface area contributed by atoms with Gasteiger partial charge in [0.15, 0.2) is 0 Å². The van der Waals surface area contributed by atoms with Gasteiger partial charge in [-0.05, 0) is 36.8 Å². The Morgan fingerprint density at radius 1 is 1.27 bits per heavy atom. The third kappa shape index (κ3) is 1.88. The van der Waals surface area contributed by atoms with E-state index in [-0.39, 0.29) is 5.56 Å². The average Bonchev–Trinajstić information content (AvgIpc) is 2.20. The monoisotopic (exact) mass is 201 g/mol. The Labute approximate surface area is 87.0 Å². The summed E-state index contributed by atoms with van der Waals surface area (Å²) in [5.41, 5.74) is 7.66. The van der Waals surface area contributed by atoms with Gasteiger partial charge < -0.3 is 5.73 Å². The summed E-state index contributed by atoms with van der Waals surface area (Å²) in [6.45, 7) is 1.84. The van der Waals surface area contributed by atoms with Crippen LogP contribution < -0.4 is 11.3 Å². The van der Waals surface area contributed by atoms with Crippen molar-refractivity contribution in [3.05, 3.63) is 52.4 Å². The summed E-state index contributed by atoms with van der Waals surface area (Å²) in [7, 11) is 0. The number of rotatable bonds is 1. The summed E-state index contributed by atoms with van der Waals surface area (Å²) in [4.78, 5) is 11.6. The number of nitrogens with zero attached hydrogens (tertiary/aromatic N) is 2. The fourth-order valence-electron chi connectivity index (χ4n) is 1.31. The van der Waals surface area contributed by atoms with Crippen LogP contribution in [0.4, 0.5) is 5.69 Å². The molecule has 0 fully saturated rings. The molecule has 1 aromatic carbocycles. The molecule has 4 heteroatoms. The highest BCUT2D eigenvalue weighted by Crippen LogP contribution is 2.07. The predicted molar refractivity (Wildman–Crippen MR) is 59.0 cm³/mol. The average molecular weight is 201 g/mol. The quantitative estimate of drug-likeness (QED) is 0.703. The number of benzene rings is 1. The second kappa shape index (κ2) is 3.57. The van der Waals surface area contributed by atoms with E-state index in [2.05, 4.69) is 5.10 Å². The van der Waals surface area contributed by atoms with E-state index in [1.807, 2.05) is 6.92 Å². The standard InChI is InChI=1S/C11H11N3O/c1-8-6-11(15)14(13-7-8)10-4-2-9(12)3-5-10/h2-7H,12H2,1H3. The van der Waals surface area contributed by atoms with E-state index in [9.17, 15) is 4.79 Å². The maximum atomic E-state index is 11.6. The molecule has 4 nitrogen and oxygen atoms in total. The van der Waals surface area contributed by atoms with Crippen LogP contribution >= 0.6 is 0 Å². The van der Waals surface area contributed by atoms with E-state index >= 15 is 0 Å². The summed E-state index contributed by atoms with van der Waals surface area (Å²) in [5, 5.41) is 4.04. The molecule has 2 rings (SSSR count). The van der Waals surface area contributed by atoms with Crippen LogP contribution in [-0.2, 0) is 0 Å². The first kappa shape index (κ1) is 9.45. The lowest BCUT2D eigenvalue weighted by Gasteiger charge is -2.04. The van der Waals surface area contributed by atoms with Crippen LogP contribution in [-0.4, -0.2) is 9.78 Å². The molecule has 0 unspecified atom stereocenters. The van der Waals surface area contributed by atoms with E-state index < -0.39 is 0 Å². The summed E-state index contributed by atoms with van der Waals surface area (Å²) in [5.74, 6) is 0. The van der Waals surface area contributed by atoms with Crippen LogP contribution in [0.25, 0.3) is 5.69 Å². The van der Waals surface area contributed by atoms with Crippen LogP contribution in [0.3, 0.4) is 0 Å². The zero-order chi connectivity index (χ0) is 10.8. The smallest absolute Gasteiger partial charge is 0.271 e. The maximum absolute atomic E-state index is 11.6. The molecule has 2 aromatic rings. The van der Waals surface area contributed by atoms with E-state index in [0.29, 0.717) is 11.4 Å². The lowest BCUT2D eigenvalue weighted by Crippen LogP contribution is -2.20. The molecule has 0 aliphatic carbocycles. The normalized spacial score (nSPS) is 10.2. The van der Waals surface area contributed by atoms with Gasteiger partial charge in [-0.25, -0.2) is 0 Å². The molecule has 2 N–H and O–H groups in total. The molecule has 0 bridgehead atoms. The van der Waals surface area contributed by atoms with Gasteiger partial charge in [0.25, 0.3) is 5.56 Å². The fraction of sp³-hybridized carbons (Fsp3) is 0.0909. The van der Waals surface area contributed by atoms with Gasteiger partial charge in [-0.2, -0.15) is 9.78 Å². The molecule has 0 aliphatic heterocycles. The number of aryl methyl sites for hydroxylation is 1. The van der Waals surface area contributed by atoms with Crippen molar-refractivity contribution in [3.8, 4) is 5.69 Å². The van der Waals surface area contributed by atoms with E-state index in [0.717, 1.165) is 5.56 Å². The predicted octanol–water partition coefficient (Wildman–Crippen LogP) is 1.12. The van der Waals surface area contributed by atoms with Crippen LogP contribution in [0.2, 0.25) is 0 Å². The Morgan fingerprint density at radius 2 is 1.93 bits per heavy atom. The van der Waals surface area contributed by atoms with Gasteiger partial charge in [0.05, 0.1) is 11.9 Å². The summed E-state index contributed by atoms with van der Waals surface area (Å²) in [6, 6.07) is 8.55. The summed E-state index contributed by atoms with van der Waals surface area (Å²) >= 11 is 0. The van der Waals surface area contributed by atoms with Crippen molar-refractivity contribution in [3.63, 3.8) is 0 Å². The topological polar surface area (TPSA) is 60.9 Å². The number of nitrogens with two attached hydrogens (primary N) is 1. The Hall–Kier alpha value is -2.10. The molecular weight excluding hydrogens is 190 g/mol. The second-order valence-electron chi connectivity index (χ2n) is 3.37. The molecule has 1 aromatic heterocycles. The Bertz CT molecular complexity index is 528. The molecular formula is C11H11N3O. The van der Waals surface area contributed by atoms with Gasteiger partial charge in [-0.15, -0.1) is 0 Å². The fourth-order valence-corrected chi connectivity index (χ4v) is 1.31. The zero-order valence-corrected chi connectivity index (χ0v) is 8.34. The first-order valence-electron chi connectivity index (χ1n) is 4.59. The molecule has 0 radical (unpaired) electrons. The largest absolute Gasteiger partial charge is 0.399 e. The van der Waals surface area contributed by atoms with Gasteiger partial charge in [0, 0.05) is 11.8 Å². The molecule has 0 atom stereocenters. The minimum Gasteiger partial charge on any atom is -0.399 e. The summed E-state index contributed by atoms with van der Waals surface area (Å²) in [6.07, 6.45) is 1.65. The zero-order valence-electron chi connectivity index (χ0n) is 8.34. The molecule has 0 saturated carbocycles. The maximum Gasteiger partial charge on any atom is 0.271 e. The van der Waals surface area contributed by atoms with Gasteiger partial charge in [-0.1, -0.05) is 0 Å². The molecule has 0 aliphatic rings. The van der Waals surface area contributed by atoms with E-state index in [1.54, 1.807) is 36.5 Å². The lowest BCUT2D eigenvalue weighted by molar-refractivity contribution is 0.800. The van der Waals surface area contributed by atoms with Gasteiger partial charge in [0.2, 0.25) is 0 Å². The number of hydrogen-bond acceptors (Lipinski definition) is 3. The molecule has 1 heterocycles.